The van der Waals surface area contributed by atoms with E-state index in [0.717, 1.165) is 26.2 Å². The topological polar surface area (TPSA) is 114 Å². The number of piperazine rings is 1. The average Bonchev–Trinajstić information content (AvgIpc) is 2.60. The molecule has 0 amide bonds. The Hall–Kier alpha value is -3.07. The molecular formula is C16H19N7O2. The number of nitrogens with two attached hydrogens (primary N) is 1. The van der Waals surface area contributed by atoms with Crippen molar-refractivity contribution in [1.29, 1.82) is 0 Å². The molecule has 1 aliphatic heterocycles. The minimum Gasteiger partial charge on any atom is -0.368 e. The maximum atomic E-state index is 10.8. The lowest BCUT2D eigenvalue weighted by atomic mass is 10.2. The summed E-state index contributed by atoms with van der Waals surface area (Å²) in [5.41, 5.74) is 6.53. The molecule has 0 spiro atoms. The maximum absolute atomic E-state index is 10.8. The van der Waals surface area contributed by atoms with Gasteiger partial charge in [-0.3, -0.25) is 10.1 Å². The molecule has 0 radical (unpaired) electrons. The first kappa shape index (κ1) is 16.8. The Bertz CT molecular complexity index is 801. The molecule has 130 valence electrons. The van der Waals surface area contributed by atoms with Crippen molar-refractivity contribution < 1.29 is 4.92 Å². The number of nitrogens with zero attached hydrogens (tertiary/aromatic N) is 6. The van der Waals surface area contributed by atoms with E-state index in [1.807, 2.05) is 0 Å². The van der Waals surface area contributed by atoms with Crippen molar-refractivity contribution in [3.63, 3.8) is 0 Å². The highest BCUT2D eigenvalue weighted by Gasteiger charge is 2.17. The fraction of sp³-hybridized carbons (Fsp3) is 0.312. The summed E-state index contributed by atoms with van der Waals surface area (Å²) in [6.45, 7) is 3.52. The van der Waals surface area contributed by atoms with Crippen molar-refractivity contribution >= 4 is 29.7 Å². The Morgan fingerprint density at radius 1 is 1.16 bits per heavy atom. The monoisotopic (exact) mass is 341 g/mol. The van der Waals surface area contributed by atoms with Crippen LogP contribution in [0.5, 0.6) is 0 Å². The van der Waals surface area contributed by atoms with Crippen LogP contribution in [0.3, 0.4) is 0 Å². The van der Waals surface area contributed by atoms with Crippen LogP contribution in [0.2, 0.25) is 0 Å². The highest BCUT2D eigenvalue weighted by Crippen LogP contribution is 2.16. The molecule has 9 heteroatoms. The lowest BCUT2D eigenvalue weighted by Crippen LogP contribution is -2.45. The SMILES string of the molecule is CN1CCN(c2nc(N)nc(/C=C/c3cccc([N+](=O)[O-])c3)n2)CC1. The molecule has 3 rings (SSSR count). The molecule has 0 atom stereocenters. The number of nitrogen functional groups attached to an aromatic ring is 1. The van der Waals surface area contributed by atoms with Gasteiger partial charge in [-0.05, 0) is 18.7 Å². The molecule has 0 unspecified atom stereocenters. The summed E-state index contributed by atoms with van der Waals surface area (Å²) in [6, 6.07) is 6.34. The van der Waals surface area contributed by atoms with Gasteiger partial charge in [0, 0.05) is 38.3 Å². The number of hydrogen-bond acceptors (Lipinski definition) is 8. The molecule has 2 N–H and O–H groups in total. The molecule has 2 aromatic rings. The van der Waals surface area contributed by atoms with Crippen LogP contribution in [-0.4, -0.2) is 58.0 Å². The first-order valence-corrected chi connectivity index (χ1v) is 7.89. The molecule has 2 heterocycles. The van der Waals surface area contributed by atoms with Crippen molar-refractivity contribution in [2.45, 2.75) is 0 Å². The Morgan fingerprint density at radius 2 is 1.92 bits per heavy atom. The third-order valence-electron chi connectivity index (χ3n) is 3.95. The molecular weight excluding hydrogens is 322 g/mol. The smallest absolute Gasteiger partial charge is 0.270 e. The zero-order valence-electron chi connectivity index (χ0n) is 13.9. The van der Waals surface area contributed by atoms with E-state index in [4.69, 9.17) is 5.73 Å². The van der Waals surface area contributed by atoms with E-state index >= 15 is 0 Å². The fourth-order valence-corrected chi connectivity index (χ4v) is 2.53. The molecule has 0 aliphatic carbocycles. The molecule has 0 saturated carbocycles. The Balaban J connectivity index is 1.80. The molecule has 1 aromatic heterocycles. The molecule has 1 aliphatic rings. The van der Waals surface area contributed by atoms with Gasteiger partial charge in [-0.25, -0.2) is 0 Å². The second-order valence-electron chi connectivity index (χ2n) is 5.83. The first-order valence-electron chi connectivity index (χ1n) is 7.89. The lowest BCUT2D eigenvalue weighted by molar-refractivity contribution is -0.384. The molecule has 25 heavy (non-hydrogen) atoms. The van der Waals surface area contributed by atoms with Gasteiger partial charge in [0.25, 0.3) is 5.69 Å². The van der Waals surface area contributed by atoms with Gasteiger partial charge in [0.1, 0.15) is 0 Å². The highest BCUT2D eigenvalue weighted by atomic mass is 16.6. The molecule has 1 aromatic carbocycles. The third-order valence-corrected chi connectivity index (χ3v) is 3.95. The summed E-state index contributed by atoms with van der Waals surface area (Å²) in [5, 5.41) is 10.8. The highest BCUT2D eigenvalue weighted by molar-refractivity contribution is 5.68. The zero-order chi connectivity index (χ0) is 17.8. The Morgan fingerprint density at radius 3 is 2.64 bits per heavy atom. The summed E-state index contributed by atoms with van der Waals surface area (Å²) in [6.07, 6.45) is 3.40. The van der Waals surface area contributed by atoms with Gasteiger partial charge in [0.15, 0.2) is 5.82 Å². The van der Waals surface area contributed by atoms with Gasteiger partial charge < -0.3 is 15.5 Å². The zero-order valence-corrected chi connectivity index (χ0v) is 13.9. The van der Waals surface area contributed by atoms with Crippen LogP contribution >= 0.6 is 0 Å². The van der Waals surface area contributed by atoms with E-state index < -0.39 is 4.92 Å². The number of non-ortho nitro benzene ring substituents is 1. The minimum atomic E-state index is -0.427. The number of anilines is 2. The summed E-state index contributed by atoms with van der Waals surface area (Å²) >= 11 is 0. The normalized spacial score (nSPS) is 15.6. The van der Waals surface area contributed by atoms with E-state index in [0.29, 0.717) is 17.3 Å². The van der Waals surface area contributed by atoms with Gasteiger partial charge in [-0.15, -0.1) is 0 Å². The van der Waals surface area contributed by atoms with Gasteiger partial charge in [0.05, 0.1) is 4.92 Å². The standard InChI is InChI=1S/C16H19N7O2/c1-21-7-9-22(10-8-21)16-19-14(18-15(17)20-16)6-5-12-3-2-4-13(11-12)23(24)25/h2-6,11H,7-10H2,1H3,(H2,17,18,19,20)/b6-5+. The fourth-order valence-electron chi connectivity index (χ4n) is 2.53. The molecule has 0 bridgehead atoms. The van der Waals surface area contributed by atoms with Crippen LogP contribution in [0, 0.1) is 10.1 Å². The molecule has 9 nitrogen and oxygen atoms in total. The van der Waals surface area contributed by atoms with Gasteiger partial charge in [0.2, 0.25) is 11.9 Å². The van der Waals surface area contributed by atoms with Crippen molar-refractivity contribution in [3.8, 4) is 0 Å². The van der Waals surface area contributed by atoms with Crippen LogP contribution in [0.1, 0.15) is 11.4 Å². The van der Waals surface area contributed by atoms with Crippen LogP contribution in [0.25, 0.3) is 12.2 Å². The summed E-state index contributed by atoms with van der Waals surface area (Å²) in [7, 11) is 2.08. The largest absolute Gasteiger partial charge is 0.368 e. The maximum Gasteiger partial charge on any atom is 0.270 e. The number of nitro benzene ring substituents is 1. The van der Waals surface area contributed by atoms with Gasteiger partial charge in [-0.1, -0.05) is 18.2 Å². The van der Waals surface area contributed by atoms with Crippen molar-refractivity contribution in [2.24, 2.45) is 0 Å². The van der Waals surface area contributed by atoms with Crippen LogP contribution in [0.15, 0.2) is 24.3 Å². The number of nitro groups is 1. The summed E-state index contributed by atoms with van der Waals surface area (Å²) < 4.78 is 0. The van der Waals surface area contributed by atoms with E-state index in [2.05, 4.69) is 31.8 Å². The summed E-state index contributed by atoms with van der Waals surface area (Å²) in [5.74, 6) is 1.13. The van der Waals surface area contributed by atoms with Gasteiger partial charge >= 0.3 is 0 Å². The van der Waals surface area contributed by atoms with E-state index in [9.17, 15) is 10.1 Å². The minimum absolute atomic E-state index is 0.0374. The number of benzene rings is 1. The average molecular weight is 341 g/mol. The van der Waals surface area contributed by atoms with E-state index in [1.54, 1.807) is 24.3 Å². The van der Waals surface area contributed by atoms with Crippen molar-refractivity contribution in [1.82, 2.24) is 19.9 Å². The van der Waals surface area contributed by atoms with Crippen molar-refractivity contribution in [3.05, 3.63) is 45.8 Å². The van der Waals surface area contributed by atoms with Gasteiger partial charge in [-0.2, -0.15) is 15.0 Å². The molecule has 1 fully saturated rings. The number of aromatic nitrogens is 3. The quantitative estimate of drug-likeness (QED) is 0.653. The van der Waals surface area contributed by atoms with Crippen LogP contribution in [-0.2, 0) is 0 Å². The predicted octanol–water partition coefficient (Wildman–Crippen LogP) is 1.28. The second-order valence-corrected chi connectivity index (χ2v) is 5.83. The van der Waals surface area contributed by atoms with Crippen LogP contribution in [0.4, 0.5) is 17.6 Å². The first-order chi connectivity index (χ1) is 12.0. The Labute approximate surface area is 145 Å². The number of rotatable bonds is 4. The second kappa shape index (κ2) is 7.22. The number of likely N-dealkylation sites (N-methyl/N-ethyl adjacent to an activating group) is 1. The predicted molar refractivity (Wildman–Crippen MR) is 96.0 cm³/mol. The van der Waals surface area contributed by atoms with E-state index in [1.165, 1.54) is 12.1 Å². The third kappa shape index (κ3) is 4.27. The molecule has 1 saturated heterocycles. The van der Waals surface area contributed by atoms with E-state index in [-0.39, 0.29) is 11.6 Å². The van der Waals surface area contributed by atoms with Crippen LogP contribution < -0.4 is 10.6 Å². The Kier molecular flexibility index (Phi) is 4.85. The number of hydrogen-bond donors (Lipinski definition) is 1. The van der Waals surface area contributed by atoms with Crippen molar-refractivity contribution in [2.75, 3.05) is 43.9 Å². The lowest BCUT2D eigenvalue weighted by Gasteiger charge is -2.32. The summed E-state index contributed by atoms with van der Waals surface area (Å²) in [4.78, 5) is 27.5.